The van der Waals surface area contributed by atoms with Gasteiger partial charge in [0.25, 0.3) is 0 Å². The smallest absolute Gasteiger partial charge is 0.168 e. The summed E-state index contributed by atoms with van der Waals surface area (Å²) < 4.78 is 12.1. The minimum absolute atomic E-state index is 0.0613. The van der Waals surface area contributed by atoms with Crippen molar-refractivity contribution in [1.82, 2.24) is 0 Å². The summed E-state index contributed by atoms with van der Waals surface area (Å²) in [7, 11) is 0. The average Bonchev–Trinajstić information content (AvgIpc) is 2.53. The second-order valence-corrected chi connectivity index (χ2v) is 7.80. The van der Waals surface area contributed by atoms with Crippen LogP contribution in [0.5, 0.6) is 11.5 Å². The number of hydrogen-bond donors (Lipinski definition) is 0. The average molecular weight is 338 g/mol. The molecule has 3 nitrogen and oxygen atoms in total. The zero-order chi connectivity index (χ0) is 17.7. The van der Waals surface area contributed by atoms with Gasteiger partial charge in [-0.15, -0.1) is 0 Å². The fraction of sp³-hybridized carbons (Fsp3) is 0.500. The van der Waals surface area contributed by atoms with Crippen molar-refractivity contribution in [2.24, 2.45) is 0 Å². The summed E-state index contributed by atoms with van der Waals surface area (Å²) in [6.07, 6.45) is 5.40. The summed E-state index contributed by atoms with van der Waals surface area (Å²) in [5, 5.41) is 2.24. The molecular weight excluding hydrogens is 312 g/mol. The van der Waals surface area contributed by atoms with Gasteiger partial charge < -0.3 is 9.47 Å². The van der Waals surface area contributed by atoms with Crippen LogP contribution in [-0.2, 0) is 19.3 Å². The maximum Gasteiger partial charge on any atom is 0.168 e. The second-order valence-electron chi connectivity index (χ2n) is 7.80. The molecule has 0 N–H and O–H groups in total. The van der Waals surface area contributed by atoms with Crippen LogP contribution in [0.4, 0.5) is 0 Å². The van der Waals surface area contributed by atoms with Gasteiger partial charge in [-0.05, 0) is 93.0 Å². The molecule has 0 heterocycles. The van der Waals surface area contributed by atoms with E-state index in [9.17, 15) is 4.79 Å². The van der Waals surface area contributed by atoms with Crippen molar-refractivity contribution >= 4 is 16.6 Å². The molecule has 0 amide bonds. The van der Waals surface area contributed by atoms with Gasteiger partial charge in [-0.25, -0.2) is 0 Å². The minimum Gasteiger partial charge on any atom is -0.487 e. The van der Waals surface area contributed by atoms with E-state index in [1.165, 1.54) is 34.9 Å². The fourth-order valence-corrected chi connectivity index (χ4v) is 4.21. The topological polar surface area (TPSA) is 35.5 Å². The Morgan fingerprint density at radius 3 is 1.92 bits per heavy atom. The number of Topliss-reactive ketones (excluding diaryl/α,β-unsaturated/α-hetero) is 1. The largest absolute Gasteiger partial charge is 0.487 e. The lowest BCUT2D eigenvalue weighted by Gasteiger charge is -2.30. The van der Waals surface area contributed by atoms with Gasteiger partial charge in [0.2, 0.25) is 0 Å². The number of carbonyl (C=O) groups is 1. The van der Waals surface area contributed by atoms with Crippen molar-refractivity contribution < 1.29 is 14.3 Å². The SMILES string of the molecule is CC(C)Oc1cc2c3c(c4c(c2cc1OC(C)C)C(=O)C4)CCCC3. The predicted molar refractivity (Wildman–Crippen MR) is 100 cm³/mol. The standard InChI is InChI=1S/C22H26O3/c1-12(2)24-20-10-16-14-7-5-6-8-15(14)17-9-19(23)22(17)18(16)11-21(20)25-13(3)4/h10-13H,5-9H2,1-4H3. The molecular formula is C22H26O3. The Labute approximate surface area is 149 Å². The molecule has 0 aromatic heterocycles. The number of carbonyl (C=O) groups excluding carboxylic acids is 1. The Morgan fingerprint density at radius 1 is 0.800 bits per heavy atom. The Hall–Kier alpha value is -2.03. The highest BCUT2D eigenvalue weighted by Crippen LogP contribution is 2.44. The van der Waals surface area contributed by atoms with Crippen LogP contribution in [0.25, 0.3) is 10.8 Å². The number of aryl methyl sites for hydroxylation is 1. The van der Waals surface area contributed by atoms with Crippen LogP contribution in [-0.4, -0.2) is 18.0 Å². The maximum atomic E-state index is 12.3. The molecule has 0 atom stereocenters. The summed E-state index contributed by atoms with van der Waals surface area (Å²) in [5.41, 5.74) is 5.08. The first-order chi connectivity index (χ1) is 12.0. The summed E-state index contributed by atoms with van der Waals surface area (Å²) >= 11 is 0. The quantitative estimate of drug-likeness (QED) is 0.784. The normalized spacial score (nSPS) is 16.0. The molecule has 0 radical (unpaired) electrons. The zero-order valence-electron chi connectivity index (χ0n) is 15.6. The molecule has 0 unspecified atom stereocenters. The highest BCUT2D eigenvalue weighted by atomic mass is 16.5. The first-order valence-electron chi connectivity index (χ1n) is 9.46. The number of hydrogen-bond acceptors (Lipinski definition) is 3. The van der Waals surface area contributed by atoms with E-state index in [1.807, 2.05) is 33.8 Å². The maximum absolute atomic E-state index is 12.3. The van der Waals surface area contributed by atoms with Crippen LogP contribution in [0.15, 0.2) is 12.1 Å². The first-order valence-corrected chi connectivity index (χ1v) is 9.46. The van der Waals surface area contributed by atoms with Gasteiger partial charge in [-0.1, -0.05) is 0 Å². The lowest BCUT2D eigenvalue weighted by Crippen LogP contribution is -2.24. The van der Waals surface area contributed by atoms with Crippen LogP contribution < -0.4 is 9.47 Å². The summed E-state index contributed by atoms with van der Waals surface area (Å²) in [6.45, 7) is 8.08. The highest BCUT2D eigenvalue weighted by molar-refractivity contribution is 6.18. The second kappa shape index (κ2) is 6.05. The third-order valence-corrected chi connectivity index (χ3v) is 5.15. The molecule has 2 aromatic carbocycles. The van der Waals surface area contributed by atoms with E-state index in [0.29, 0.717) is 6.42 Å². The molecule has 0 aliphatic heterocycles. The van der Waals surface area contributed by atoms with Gasteiger partial charge in [-0.2, -0.15) is 0 Å². The van der Waals surface area contributed by atoms with Crippen LogP contribution in [0.3, 0.4) is 0 Å². The van der Waals surface area contributed by atoms with Crippen LogP contribution in [0.2, 0.25) is 0 Å². The van der Waals surface area contributed by atoms with E-state index in [2.05, 4.69) is 6.07 Å². The van der Waals surface area contributed by atoms with Gasteiger partial charge in [0.15, 0.2) is 17.3 Å². The zero-order valence-corrected chi connectivity index (χ0v) is 15.6. The van der Waals surface area contributed by atoms with E-state index < -0.39 is 0 Å². The van der Waals surface area contributed by atoms with Crippen LogP contribution >= 0.6 is 0 Å². The molecule has 2 aromatic rings. The molecule has 0 spiro atoms. The number of ether oxygens (including phenoxy) is 2. The van der Waals surface area contributed by atoms with Crippen molar-refractivity contribution in [2.45, 2.75) is 72.0 Å². The van der Waals surface area contributed by atoms with E-state index in [4.69, 9.17) is 9.47 Å². The predicted octanol–water partition coefficient (Wildman–Crippen LogP) is 5.03. The molecule has 4 rings (SSSR count). The minimum atomic E-state index is 0.0613. The molecule has 0 saturated carbocycles. The van der Waals surface area contributed by atoms with Crippen LogP contribution in [0, 0.1) is 0 Å². The molecule has 2 aliphatic rings. The molecule has 0 saturated heterocycles. The van der Waals surface area contributed by atoms with E-state index in [-0.39, 0.29) is 18.0 Å². The van der Waals surface area contributed by atoms with Gasteiger partial charge in [-0.3, -0.25) is 4.79 Å². The highest BCUT2D eigenvalue weighted by Gasteiger charge is 2.33. The van der Waals surface area contributed by atoms with Crippen molar-refractivity contribution in [3.8, 4) is 11.5 Å². The van der Waals surface area contributed by atoms with Gasteiger partial charge >= 0.3 is 0 Å². The van der Waals surface area contributed by atoms with E-state index in [1.54, 1.807) is 0 Å². The number of rotatable bonds is 4. The molecule has 2 aliphatic carbocycles. The van der Waals surface area contributed by atoms with Crippen molar-refractivity contribution in [1.29, 1.82) is 0 Å². The lowest BCUT2D eigenvalue weighted by molar-refractivity contribution is 0.0969. The van der Waals surface area contributed by atoms with Crippen molar-refractivity contribution in [3.63, 3.8) is 0 Å². The third kappa shape index (κ3) is 2.70. The number of benzene rings is 2. The summed E-state index contributed by atoms with van der Waals surface area (Å²) in [5.74, 6) is 1.80. The fourth-order valence-electron chi connectivity index (χ4n) is 4.21. The Kier molecular flexibility index (Phi) is 3.98. The van der Waals surface area contributed by atoms with Crippen molar-refractivity contribution in [2.75, 3.05) is 0 Å². The Balaban J connectivity index is 1.99. The number of ketones is 1. The van der Waals surface area contributed by atoms with Gasteiger partial charge in [0.1, 0.15) is 0 Å². The van der Waals surface area contributed by atoms with E-state index in [0.717, 1.165) is 35.3 Å². The first kappa shape index (κ1) is 16.4. The molecule has 132 valence electrons. The van der Waals surface area contributed by atoms with Gasteiger partial charge in [0.05, 0.1) is 12.2 Å². The summed E-state index contributed by atoms with van der Waals surface area (Å²) in [6, 6.07) is 4.15. The van der Waals surface area contributed by atoms with Gasteiger partial charge in [0, 0.05) is 12.0 Å². The molecule has 3 heteroatoms. The van der Waals surface area contributed by atoms with Crippen LogP contribution in [0.1, 0.15) is 67.6 Å². The van der Waals surface area contributed by atoms with Crippen molar-refractivity contribution in [3.05, 3.63) is 34.4 Å². The monoisotopic (exact) mass is 338 g/mol. The Morgan fingerprint density at radius 2 is 1.36 bits per heavy atom. The lowest BCUT2D eigenvalue weighted by atomic mass is 9.73. The molecule has 25 heavy (non-hydrogen) atoms. The summed E-state index contributed by atoms with van der Waals surface area (Å²) in [4.78, 5) is 12.3. The van der Waals surface area contributed by atoms with E-state index >= 15 is 0 Å². The third-order valence-electron chi connectivity index (χ3n) is 5.15. The molecule has 0 fully saturated rings. The number of fused-ring (bicyclic) bond motifs is 6. The molecule has 0 bridgehead atoms. The Bertz CT molecular complexity index is 862.